The zero-order valence-electron chi connectivity index (χ0n) is 28.0. The van der Waals surface area contributed by atoms with Crippen LogP contribution >= 0.6 is 0 Å². The maximum atomic E-state index is 2.51. The van der Waals surface area contributed by atoms with E-state index in [1.807, 2.05) is 0 Å². The van der Waals surface area contributed by atoms with Crippen molar-refractivity contribution < 1.29 is 0 Å². The van der Waals surface area contributed by atoms with Gasteiger partial charge in [0.1, 0.15) is 0 Å². The second-order valence-corrected chi connectivity index (χ2v) is 21.3. The number of benzene rings is 8. The van der Waals surface area contributed by atoms with Crippen LogP contribution < -0.4 is 17.6 Å². The molecule has 0 saturated carbocycles. The van der Waals surface area contributed by atoms with Gasteiger partial charge in [0.05, 0.1) is 0 Å². The van der Waals surface area contributed by atoms with Crippen molar-refractivity contribution in [2.75, 3.05) is 0 Å². The minimum absolute atomic E-state index is 1.17. The van der Waals surface area contributed by atoms with Crippen LogP contribution in [-0.2, 0) is 0 Å². The van der Waals surface area contributed by atoms with E-state index in [4.69, 9.17) is 0 Å². The molecule has 3 heteroatoms. The number of hydrogen-bond donors (Lipinski definition) is 0. The Balaban J connectivity index is 1.32. The van der Waals surface area contributed by atoms with Gasteiger partial charge in [0, 0.05) is 0 Å². The monoisotopic (exact) mass is 712 g/mol. The predicted octanol–water partition coefficient (Wildman–Crippen LogP) is 9.26. The summed E-state index contributed by atoms with van der Waals surface area (Å²) in [6.07, 6.45) is 0. The molecule has 0 aliphatic heterocycles. The average molecular weight is 711 g/mol. The SMILES string of the molecule is c1cc[c]([Ge]([c]2ccccc2)([c]2ccccc2)[c]2cccc(-n3c4ccccc4c4cccc(-n5c6ccccc6c6ccccc65)c43)c2)cc1. The Morgan fingerprint density at radius 3 is 1.22 bits per heavy atom. The molecule has 8 aromatic carbocycles. The first-order valence-corrected chi connectivity index (χ1v) is 21.8. The number of aromatic nitrogens is 2. The quantitative estimate of drug-likeness (QED) is 0.152. The van der Waals surface area contributed by atoms with E-state index in [2.05, 4.69) is 215 Å². The third-order valence-corrected chi connectivity index (χ3v) is 20.7. The molecule has 10 aromatic rings. The van der Waals surface area contributed by atoms with Crippen LogP contribution in [0, 0.1) is 0 Å². The Bertz CT molecular complexity index is 2700. The van der Waals surface area contributed by atoms with E-state index in [0.29, 0.717) is 0 Å². The van der Waals surface area contributed by atoms with Crippen LogP contribution in [0.5, 0.6) is 0 Å². The van der Waals surface area contributed by atoms with Crippen LogP contribution in [0.25, 0.3) is 55.0 Å². The molecule has 0 aliphatic rings. The van der Waals surface area contributed by atoms with Gasteiger partial charge in [-0.05, 0) is 0 Å². The molecule has 0 aliphatic carbocycles. The summed E-state index contributed by atoms with van der Waals surface area (Å²) >= 11 is -3.50. The molecule has 0 unspecified atom stereocenters. The number of para-hydroxylation sites is 4. The average Bonchev–Trinajstić information content (AvgIpc) is 3.73. The fraction of sp³-hybridized carbons (Fsp3) is 0. The Kier molecular flexibility index (Phi) is 7.04. The van der Waals surface area contributed by atoms with Crippen LogP contribution in [0.3, 0.4) is 0 Å². The predicted molar refractivity (Wildman–Crippen MR) is 219 cm³/mol. The molecular weight excluding hydrogens is 677 g/mol. The van der Waals surface area contributed by atoms with Gasteiger partial charge in [0.25, 0.3) is 0 Å². The molecule has 0 atom stereocenters. The fourth-order valence-electron chi connectivity index (χ4n) is 8.57. The zero-order chi connectivity index (χ0) is 33.8. The molecule has 51 heavy (non-hydrogen) atoms. The molecule has 2 nitrogen and oxygen atoms in total. The maximum absolute atomic E-state index is 3.50. The van der Waals surface area contributed by atoms with Crippen LogP contribution in [0.2, 0.25) is 0 Å². The van der Waals surface area contributed by atoms with Gasteiger partial charge in [-0.1, -0.05) is 0 Å². The van der Waals surface area contributed by atoms with Crippen molar-refractivity contribution in [3.05, 3.63) is 206 Å². The van der Waals surface area contributed by atoms with Crippen LogP contribution in [0.4, 0.5) is 0 Å². The topological polar surface area (TPSA) is 9.86 Å². The first-order valence-electron chi connectivity index (χ1n) is 17.6. The number of nitrogens with zero attached hydrogens (tertiary/aromatic N) is 2. The van der Waals surface area contributed by atoms with E-state index in [-0.39, 0.29) is 0 Å². The molecule has 10 rings (SSSR count). The third-order valence-electron chi connectivity index (χ3n) is 10.7. The van der Waals surface area contributed by atoms with Crippen molar-refractivity contribution in [3.8, 4) is 11.4 Å². The van der Waals surface area contributed by atoms with Crippen LogP contribution in [0.1, 0.15) is 0 Å². The van der Waals surface area contributed by atoms with Crippen LogP contribution in [-0.4, -0.2) is 22.4 Å². The number of fused-ring (bicyclic) bond motifs is 6. The normalized spacial score (nSPS) is 11.9. The van der Waals surface area contributed by atoms with Crippen molar-refractivity contribution in [2.24, 2.45) is 0 Å². The Hall–Kier alpha value is -6.10. The van der Waals surface area contributed by atoms with Gasteiger partial charge in [0.15, 0.2) is 0 Å². The molecule has 0 bridgehead atoms. The summed E-state index contributed by atoms with van der Waals surface area (Å²) in [5.41, 5.74) is 7.18. The standard InChI is InChI=1S/C48H34GeN2/c1-4-18-35(19-5-1)49(36-20-6-2-7-21-36,37-22-8-3-9-23-37)38-24-16-25-39(34-38)50-44-30-13-12-28-42(44)43-29-17-33-47(48(43)50)51-45-31-14-10-26-40(45)41-27-11-15-32-46(41)51/h1-34H. The Labute approximate surface area is 299 Å². The first-order chi connectivity index (χ1) is 25.3. The van der Waals surface area contributed by atoms with Crippen molar-refractivity contribution in [1.29, 1.82) is 0 Å². The summed E-state index contributed by atoms with van der Waals surface area (Å²) in [6, 6.07) is 76.5. The zero-order valence-corrected chi connectivity index (χ0v) is 30.1. The summed E-state index contributed by atoms with van der Waals surface area (Å²) in [6.45, 7) is 0. The van der Waals surface area contributed by atoms with E-state index in [1.54, 1.807) is 0 Å². The van der Waals surface area contributed by atoms with Crippen molar-refractivity contribution in [1.82, 2.24) is 9.13 Å². The third kappa shape index (κ3) is 4.50. The molecule has 0 N–H and O–H groups in total. The molecule has 2 aromatic heterocycles. The second-order valence-electron chi connectivity index (χ2n) is 13.3. The van der Waals surface area contributed by atoms with E-state index in [9.17, 15) is 0 Å². The molecule has 0 saturated heterocycles. The van der Waals surface area contributed by atoms with Crippen molar-refractivity contribution in [2.45, 2.75) is 0 Å². The van der Waals surface area contributed by atoms with Crippen molar-refractivity contribution >= 4 is 74.5 Å². The molecule has 0 amide bonds. The Morgan fingerprint density at radius 1 is 0.294 bits per heavy atom. The molecule has 0 radical (unpaired) electrons. The van der Waals surface area contributed by atoms with Gasteiger partial charge in [-0.3, -0.25) is 0 Å². The van der Waals surface area contributed by atoms with Crippen LogP contribution in [0.15, 0.2) is 206 Å². The minimum atomic E-state index is -3.50. The first kappa shape index (κ1) is 29.8. The van der Waals surface area contributed by atoms with Gasteiger partial charge in [-0.25, -0.2) is 0 Å². The van der Waals surface area contributed by atoms with Crippen molar-refractivity contribution in [3.63, 3.8) is 0 Å². The number of hydrogen-bond acceptors (Lipinski definition) is 0. The summed E-state index contributed by atoms with van der Waals surface area (Å²) in [4.78, 5) is 0. The molecule has 0 spiro atoms. The number of rotatable bonds is 6. The van der Waals surface area contributed by atoms with E-state index < -0.39 is 13.3 Å². The molecule has 0 fully saturated rings. The Morgan fingerprint density at radius 2 is 0.686 bits per heavy atom. The van der Waals surface area contributed by atoms with E-state index >= 15 is 0 Å². The summed E-state index contributed by atoms with van der Waals surface area (Å²) in [5.74, 6) is 0. The summed E-state index contributed by atoms with van der Waals surface area (Å²) in [7, 11) is 0. The van der Waals surface area contributed by atoms with Gasteiger partial charge in [-0.15, -0.1) is 0 Å². The van der Waals surface area contributed by atoms with E-state index in [0.717, 1.165) is 0 Å². The molecule has 2 heterocycles. The summed E-state index contributed by atoms with van der Waals surface area (Å²) < 4.78 is 10.6. The fourth-order valence-corrected chi connectivity index (χ4v) is 18.6. The second kappa shape index (κ2) is 12.0. The van der Waals surface area contributed by atoms with E-state index in [1.165, 1.54) is 72.6 Å². The van der Waals surface area contributed by atoms with Gasteiger partial charge < -0.3 is 0 Å². The summed E-state index contributed by atoms with van der Waals surface area (Å²) in [5, 5.41) is 5.03. The van der Waals surface area contributed by atoms with Gasteiger partial charge in [0.2, 0.25) is 0 Å². The van der Waals surface area contributed by atoms with Gasteiger partial charge in [-0.2, -0.15) is 0 Å². The molecule has 240 valence electrons. The molecular formula is C48H34GeN2. The van der Waals surface area contributed by atoms with Gasteiger partial charge >= 0.3 is 301 Å².